The Labute approximate surface area is 65.3 Å². The molecule has 0 aromatic carbocycles. The first-order chi connectivity index (χ1) is 5.16. The third-order valence-corrected chi connectivity index (χ3v) is 2.60. The fraction of sp³-hybridized carbons (Fsp3) is 1.00. The Balaban J connectivity index is 2.07. The quantitative estimate of drug-likeness (QED) is 0.607. The largest absolute Gasteiger partial charge is 0.385 e. The summed E-state index contributed by atoms with van der Waals surface area (Å²) in [6.45, 7) is 3.10. The molecule has 2 heterocycles. The Kier molecular flexibility index (Phi) is 1.32. The third kappa shape index (κ3) is 0.973. The van der Waals surface area contributed by atoms with Crippen LogP contribution >= 0.6 is 0 Å². The van der Waals surface area contributed by atoms with Gasteiger partial charge in [-0.3, -0.25) is 0 Å². The van der Waals surface area contributed by atoms with Gasteiger partial charge in [0.05, 0.1) is 0 Å². The van der Waals surface area contributed by atoms with Crippen molar-refractivity contribution in [3.63, 3.8) is 0 Å². The molecular weight excluding hydrogens is 144 g/mol. The van der Waals surface area contributed by atoms with Crippen molar-refractivity contribution in [1.29, 1.82) is 0 Å². The molecule has 2 rings (SSSR count). The zero-order chi connectivity index (χ0) is 7.95. The maximum atomic E-state index is 10.0. The minimum Gasteiger partial charge on any atom is -0.385 e. The van der Waals surface area contributed by atoms with Crippen molar-refractivity contribution in [2.75, 3.05) is 13.2 Å². The van der Waals surface area contributed by atoms with Crippen LogP contribution in [0, 0.1) is 0 Å². The van der Waals surface area contributed by atoms with Crippen molar-refractivity contribution in [1.82, 2.24) is 0 Å². The molecule has 11 heavy (non-hydrogen) atoms. The molecule has 0 atom stereocenters. The Morgan fingerprint density at radius 2 is 1.82 bits per heavy atom. The van der Waals surface area contributed by atoms with E-state index in [2.05, 4.69) is 10.2 Å². The summed E-state index contributed by atoms with van der Waals surface area (Å²) < 4.78 is 5.14. The van der Waals surface area contributed by atoms with E-state index in [1.165, 1.54) is 0 Å². The van der Waals surface area contributed by atoms with Gasteiger partial charge >= 0.3 is 0 Å². The molecule has 4 heteroatoms. The maximum Gasteiger partial charge on any atom is 0.216 e. The molecule has 0 aromatic heterocycles. The van der Waals surface area contributed by atoms with Crippen LogP contribution in [0.1, 0.15) is 19.8 Å². The van der Waals surface area contributed by atoms with Crippen LogP contribution in [0.5, 0.6) is 0 Å². The van der Waals surface area contributed by atoms with Crippen molar-refractivity contribution < 1.29 is 9.84 Å². The molecule has 0 spiro atoms. The number of nitrogens with zero attached hydrogens (tertiary/aromatic N) is 2. The normalized spacial score (nSPS) is 31.8. The molecule has 1 fully saturated rings. The summed E-state index contributed by atoms with van der Waals surface area (Å²) >= 11 is 0. The summed E-state index contributed by atoms with van der Waals surface area (Å²) in [6, 6.07) is 0. The standard InChI is InChI=1S/C7H12N2O2/c1-6(8-9-6)7(10)2-4-11-5-3-7/h10H,2-5H2,1H3. The highest BCUT2D eigenvalue weighted by molar-refractivity contribution is 5.07. The van der Waals surface area contributed by atoms with Gasteiger partial charge in [-0.25, -0.2) is 0 Å². The van der Waals surface area contributed by atoms with E-state index < -0.39 is 11.3 Å². The summed E-state index contributed by atoms with van der Waals surface area (Å²) in [5, 5.41) is 17.7. The first kappa shape index (κ1) is 7.18. The van der Waals surface area contributed by atoms with Crippen LogP contribution < -0.4 is 0 Å². The van der Waals surface area contributed by atoms with E-state index >= 15 is 0 Å². The second kappa shape index (κ2) is 2.01. The smallest absolute Gasteiger partial charge is 0.216 e. The fourth-order valence-corrected chi connectivity index (χ4v) is 1.44. The zero-order valence-electron chi connectivity index (χ0n) is 6.58. The third-order valence-electron chi connectivity index (χ3n) is 2.60. The van der Waals surface area contributed by atoms with E-state index in [9.17, 15) is 5.11 Å². The van der Waals surface area contributed by atoms with Crippen molar-refractivity contribution in [2.24, 2.45) is 10.2 Å². The summed E-state index contributed by atoms with van der Waals surface area (Å²) in [5.74, 6) is 0. The Morgan fingerprint density at radius 1 is 1.27 bits per heavy atom. The SMILES string of the molecule is CC1(C2(O)CCOCC2)N=N1. The van der Waals surface area contributed by atoms with Gasteiger partial charge in [0.15, 0.2) is 0 Å². The van der Waals surface area contributed by atoms with Crippen molar-refractivity contribution in [3.8, 4) is 0 Å². The molecule has 2 aliphatic heterocycles. The van der Waals surface area contributed by atoms with Gasteiger partial charge in [0, 0.05) is 26.1 Å². The van der Waals surface area contributed by atoms with Gasteiger partial charge in [0.2, 0.25) is 5.66 Å². The summed E-state index contributed by atoms with van der Waals surface area (Å²) in [4.78, 5) is 0. The number of hydrogen-bond donors (Lipinski definition) is 1. The van der Waals surface area contributed by atoms with Gasteiger partial charge in [-0.05, 0) is 6.92 Å². The van der Waals surface area contributed by atoms with E-state index in [1.807, 2.05) is 6.92 Å². The van der Waals surface area contributed by atoms with Gasteiger partial charge in [-0.1, -0.05) is 0 Å². The average Bonchev–Trinajstić information content (AvgIpc) is 2.71. The highest BCUT2D eigenvalue weighted by Gasteiger charge is 2.55. The molecule has 0 aliphatic carbocycles. The van der Waals surface area contributed by atoms with Crippen molar-refractivity contribution in [2.45, 2.75) is 31.0 Å². The molecule has 0 amide bonds. The first-order valence-corrected chi connectivity index (χ1v) is 3.91. The van der Waals surface area contributed by atoms with E-state index in [4.69, 9.17) is 4.74 Å². The number of ether oxygens (including phenoxy) is 1. The topological polar surface area (TPSA) is 54.2 Å². The summed E-state index contributed by atoms with van der Waals surface area (Å²) in [5.41, 5.74) is -1.25. The van der Waals surface area contributed by atoms with Crippen LogP contribution in [0.4, 0.5) is 0 Å². The fourth-order valence-electron chi connectivity index (χ4n) is 1.44. The van der Waals surface area contributed by atoms with Crippen LogP contribution in [-0.4, -0.2) is 29.6 Å². The minimum absolute atomic E-state index is 0.517. The number of hydrogen-bond acceptors (Lipinski definition) is 4. The van der Waals surface area contributed by atoms with E-state index in [0.29, 0.717) is 26.1 Å². The number of rotatable bonds is 1. The lowest BCUT2D eigenvalue weighted by Gasteiger charge is -2.34. The predicted molar refractivity (Wildman–Crippen MR) is 38.3 cm³/mol. The minimum atomic E-state index is -0.731. The van der Waals surface area contributed by atoms with Gasteiger partial charge in [-0.2, -0.15) is 10.2 Å². The van der Waals surface area contributed by atoms with Crippen LogP contribution in [0.2, 0.25) is 0 Å². The maximum absolute atomic E-state index is 10.0. The second-order valence-corrected chi connectivity index (χ2v) is 3.36. The monoisotopic (exact) mass is 156 g/mol. The lowest BCUT2D eigenvalue weighted by molar-refractivity contribution is -0.0864. The molecular formula is C7H12N2O2. The molecule has 1 saturated heterocycles. The molecule has 0 aromatic rings. The molecule has 62 valence electrons. The Morgan fingerprint density at radius 3 is 2.27 bits per heavy atom. The molecule has 0 radical (unpaired) electrons. The zero-order valence-corrected chi connectivity index (χ0v) is 6.58. The Bertz CT molecular complexity index is 191. The lowest BCUT2D eigenvalue weighted by Crippen LogP contribution is -2.47. The number of aliphatic hydroxyl groups is 1. The molecule has 0 bridgehead atoms. The van der Waals surface area contributed by atoms with E-state index in [-0.39, 0.29) is 0 Å². The van der Waals surface area contributed by atoms with Gasteiger partial charge < -0.3 is 9.84 Å². The van der Waals surface area contributed by atoms with Crippen LogP contribution in [0.3, 0.4) is 0 Å². The molecule has 1 N–H and O–H groups in total. The van der Waals surface area contributed by atoms with Crippen LogP contribution in [-0.2, 0) is 4.74 Å². The summed E-state index contributed by atoms with van der Waals surface area (Å²) in [6.07, 6.45) is 1.30. The first-order valence-electron chi connectivity index (χ1n) is 3.91. The van der Waals surface area contributed by atoms with E-state index in [0.717, 1.165) is 0 Å². The molecule has 2 aliphatic rings. The van der Waals surface area contributed by atoms with Gasteiger partial charge in [-0.15, -0.1) is 0 Å². The van der Waals surface area contributed by atoms with Gasteiger partial charge in [0.25, 0.3) is 0 Å². The van der Waals surface area contributed by atoms with Crippen LogP contribution in [0.15, 0.2) is 10.2 Å². The van der Waals surface area contributed by atoms with Crippen molar-refractivity contribution in [3.05, 3.63) is 0 Å². The predicted octanol–water partition coefficient (Wildman–Crippen LogP) is 0.710. The van der Waals surface area contributed by atoms with Crippen molar-refractivity contribution >= 4 is 0 Å². The summed E-state index contributed by atoms with van der Waals surface area (Å²) in [7, 11) is 0. The molecule has 0 unspecified atom stereocenters. The Hall–Kier alpha value is -0.480. The highest BCUT2D eigenvalue weighted by atomic mass is 16.5. The molecule has 4 nitrogen and oxygen atoms in total. The molecule has 0 saturated carbocycles. The average molecular weight is 156 g/mol. The van der Waals surface area contributed by atoms with E-state index in [1.54, 1.807) is 0 Å². The highest BCUT2D eigenvalue weighted by Crippen LogP contribution is 2.43. The lowest BCUT2D eigenvalue weighted by atomic mass is 9.85. The van der Waals surface area contributed by atoms with Gasteiger partial charge in [0.1, 0.15) is 5.60 Å². The second-order valence-electron chi connectivity index (χ2n) is 3.36. The van der Waals surface area contributed by atoms with Crippen LogP contribution in [0.25, 0.3) is 0 Å².